The standard InChI is InChI=1S/C13H17FO/c1-5-13(3,4)12(15)10-6-7-11(14)9(2)8-10/h6-8H,5H2,1-4H3. The summed E-state index contributed by atoms with van der Waals surface area (Å²) in [6.07, 6.45) is 0.780. The highest BCUT2D eigenvalue weighted by Gasteiger charge is 2.26. The van der Waals surface area contributed by atoms with Crippen LogP contribution in [0.2, 0.25) is 0 Å². The van der Waals surface area contributed by atoms with Gasteiger partial charge in [-0.3, -0.25) is 4.79 Å². The Labute approximate surface area is 90.3 Å². The molecule has 2 heteroatoms. The smallest absolute Gasteiger partial charge is 0.168 e. The number of benzene rings is 1. The molecule has 82 valence electrons. The zero-order chi connectivity index (χ0) is 11.6. The summed E-state index contributed by atoms with van der Waals surface area (Å²) in [6.45, 7) is 7.47. The second-order valence-corrected chi connectivity index (χ2v) is 4.53. The largest absolute Gasteiger partial charge is 0.294 e. The number of carbonyl (C=O) groups is 1. The van der Waals surface area contributed by atoms with Crippen LogP contribution in [0.25, 0.3) is 0 Å². The molecule has 0 unspecified atom stereocenters. The van der Waals surface area contributed by atoms with E-state index in [2.05, 4.69) is 0 Å². The fourth-order valence-corrected chi connectivity index (χ4v) is 1.34. The van der Waals surface area contributed by atoms with Crippen molar-refractivity contribution in [3.05, 3.63) is 35.1 Å². The molecule has 0 bridgehead atoms. The molecule has 0 atom stereocenters. The SMILES string of the molecule is CCC(C)(C)C(=O)c1ccc(F)c(C)c1. The monoisotopic (exact) mass is 208 g/mol. The van der Waals surface area contributed by atoms with Crippen molar-refractivity contribution < 1.29 is 9.18 Å². The Balaban J connectivity index is 3.08. The number of ketones is 1. The summed E-state index contributed by atoms with van der Waals surface area (Å²) < 4.78 is 13.0. The van der Waals surface area contributed by atoms with E-state index in [1.165, 1.54) is 6.07 Å². The van der Waals surface area contributed by atoms with Gasteiger partial charge in [0, 0.05) is 11.0 Å². The van der Waals surface area contributed by atoms with Crippen molar-refractivity contribution in [1.29, 1.82) is 0 Å². The molecule has 1 aromatic carbocycles. The predicted octanol–water partition coefficient (Wildman–Crippen LogP) is 3.75. The van der Waals surface area contributed by atoms with Crippen LogP contribution in [-0.2, 0) is 0 Å². The summed E-state index contributed by atoms with van der Waals surface area (Å²) in [7, 11) is 0. The van der Waals surface area contributed by atoms with Crippen LogP contribution >= 0.6 is 0 Å². The predicted molar refractivity (Wildman–Crippen MR) is 59.5 cm³/mol. The molecule has 0 N–H and O–H groups in total. The highest BCUT2D eigenvalue weighted by molar-refractivity contribution is 6.00. The first-order valence-electron chi connectivity index (χ1n) is 5.19. The normalized spacial score (nSPS) is 11.5. The molecule has 0 fully saturated rings. The lowest BCUT2D eigenvalue weighted by Crippen LogP contribution is -2.23. The third-order valence-corrected chi connectivity index (χ3v) is 2.92. The van der Waals surface area contributed by atoms with Crippen molar-refractivity contribution in [3.8, 4) is 0 Å². The van der Waals surface area contributed by atoms with E-state index >= 15 is 0 Å². The average molecular weight is 208 g/mol. The zero-order valence-electron chi connectivity index (χ0n) is 9.73. The van der Waals surface area contributed by atoms with Crippen LogP contribution in [-0.4, -0.2) is 5.78 Å². The van der Waals surface area contributed by atoms with Gasteiger partial charge in [-0.2, -0.15) is 0 Å². The van der Waals surface area contributed by atoms with Crippen LogP contribution in [0.15, 0.2) is 18.2 Å². The fourth-order valence-electron chi connectivity index (χ4n) is 1.34. The molecule has 1 nitrogen and oxygen atoms in total. The van der Waals surface area contributed by atoms with Gasteiger partial charge in [0.25, 0.3) is 0 Å². The van der Waals surface area contributed by atoms with Crippen molar-refractivity contribution in [1.82, 2.24) is 0 Å². The summed E-state index contributed by atoms with van der Waals surface area (Å²) >= 11 is 0. The van der Waals surface area contributed by atoms with Crippen molar-refractivity contribution in [3.63, 3.8) is 0 Å². The zero-order valence-corrected chi connectivity index (χ0v) is 9.73. The molecular weight excluding hydrogens is 191 g/mol. The number of rotatable bonds is 3. The lowest BCUT2D eigenvalue weighted by atomic mass is 9.82. The van der Waals surface area contributed by atoms with E-state index in [4.69, 9.17) is 0 Å². The molecule has 0 amide bonds. The van der Waals surface area contributed by atoms with E-state index in [0.29, 0.717) is 11.1 Å². The highest BCUT2D eigenvalue weighted by atomic mass is 19.1. The first-order chi connectivity index (χ1) is 6.88. The van der Waals surface area contributed by atoms with Crippen LogP contribution in [0.3, 0.4) is 0 Å². The Bertz CT molecular complexity index is 380. The number of Topliss-reactive ketones (excluding diaryl/α,β-unsaturated/α-hetero) is 1. The minimum atomic E-state index is -0.371. The molecule has 0 saturated carbocycles. The summed E-state index contributed by atoms with van der Waals surface area (Å²) in [5.74, 6) is -0.186. The van der Waals surface area contributed by atoms with Gasteiger partial charge in [-0.05, 0) is 37.1 Å². The van der Waals surface area contributed by atoms with E-state index in [9.17, 15) is 9.18 Å². The second-order valence-electron chi connectivity index (χ2n) is 4.53. The summed E-state index contributed by atoms with van der Waals surface area (Å²) in [5, 5.41) is 0. The lowest BCUT2D eigenvalue weighted by Gasteiger charge is -2.21. The Morgan fingerprint density at radius 2 is 2.00 bits per heavy atom. The second kappa shape index (κ2) is 4.13. The van der Waals surface area contributed by atoms with Crippen LogP contribution in [0, 0.1) is 18.2 Å². The molecule has 0 saturated heterocycles. The van der Waals surface area contributed by atoms with Crippen molar-refractivity contribution in [2.24, 2.45) is 5.41 Å². The summed E-state index contributed by atoms with van der Waals surface area (Å²) in [6, 6.07) is 4.53. The van der Waals surface area contributed by atoms with Crippen molar-refractivity contribution in [2.45, 2.75) is 34.1 Å². The van der Waals surface area contributed by atoms with Gasteiger partial charge >= 0.3 is 0 Å². The molecule has 15 heavy (non-hydrogen) atoms. The molecule has 1 aromatic rings. The molecule has 0 aliphatic carbocycles. The van der Waals surface area contributed by atoms with E-state index < -0.39 is 0 Å². The van der Waals surface area contributed by atoms with E-state index in [1.54, 1.807) is 19.1 Å². The number of halogens is 1. The number of aryl methyl sites for hydroxylation is 1. The molecular formula is C13H17FO. The van der Waals surface area contributed by atoms with Crippen molar-refractivity contribution >= 4 is 5.78 Å². The van der Waals surface area contributed by atoms with Gasteiger partial charge < -0.3 is 0 Å². The first-order valence-corrected chi connectivity index (χ1v) is 5.19. The molecule has 0 heterocycles. The molecule has 0 aliphatic rings. The van der Waals surface area contributed by atoms with Crippen LogP contribution in [0.5, 0.6) is 0 Å². The fraction of sp³-hybridized carbons (Fsp3) is 0.462. The third kappa shape index (κ3) is 2.44. The van der Waals surface area contributed by atoms with E-state index in [1.807, 2.05) is 20.8 Å². The first kappa shape index (κ1) is 11.9. The number of hydrogen-bond acceptors (Lipinski definition) is 1. The van der Waals surface area contributed by atoms with E-state index in [-0.39, 0.29) is 17.0 Å². The topological polar surface area (TPSA) is 17.1 Å². The molecule has 0 aromatic heterocycles. The summed E-state index contributed by atoms with van der Waals surface area (Å²) in [4.78, 5) is 12.0. The quantitative estimate of drug-likeness (QED) is 0.691. The third-order valence-electron chi connectivity index (χ3n) is 2.92. The Hall–Kier alpha value is -1.18. The molecule has 0 aliphatic heterocycles. The van der Waals surface area contributed by atoms with Gasteiger partial charge in [0.05, 0.1) is 0 Å². The molecule has 1 rings (SSSR count). The van der Waals surface area contributed by atoms with Crippen LogP contribution in [0.1, 0.15) is 43.1 Å². The van der Waals surface area contributed by atoms with Crippen LogP contribution in [0.4, 0.5) is 4.39 Å². The minimum Gasteiger partial charge on any atom is -0.294 e. The lowest BCUT2D eigenvalue weighted by molar-refractivity contribution is 0.0833. The number of hydrogen-bond donors (Lipinski definition) is 0. The highest BCUT2D eigenvalue weighted by Crippen LogP contribution is 2.26. The molecule has 0 spiro atoms. The Morgan fingerprint density at radius 1 is 1.40 bits per heavy atom. The maximum absolute atomic E-state index is 13.0. The van der Waals surface area contributed by atoms with Gasteiger partial charge in [0.2, 0.25) is 0 Å². The average Bonchev–Trinajstić information content (AvgIpc) is 2.21. The van der Waals surface area contributed by atoms with Gasteiger partial charge in [-0.25, -0.2) is 4.39 Å². The van der Waals surface area contributed by atoms with Gasteiger partial charge in [0.1, 0.15) is 5.82 Å². The van der Waals surface area contributed by atoms with Gasteiger partial charge in [-0.1, -0.05) is 20.8 Å². The van der Waals surface area contributed by atoms with Crippen LogP contribution < -0.4 is 0 Å². The Morgan fingerprint density at radius 3 is 2.47 bits per heavy atom. The maximum Gasteiger partial charge on any atom is 0.168 e. The Kier molecular flexibility index (Phi) is 3.28. The van der Waals surface area contributed by atoms with Gasteiger partial charge in [-0.15, -0.1) is 0 Å². The van der Waals surface area contributed by atoms with E-state index in [0.717, 1.165) is 6.42 Å². The maximum atomic E-state index is 13.0. The number of carbonyl (C=O) groups excluding carboxylic acids is 1. The van der Waals surface area contributed by atoms with Crippen molar-refractivity contribution in [2.75, 3.05) is 0 Å². The summed E-state index contributed by atoms with van der Waals surface area (Å²) in [5.41, 5.74) is 0.748. The van der Waals surface area contributed by atoms with Gasteiger partial charge in [0.15, 0.2) is 5.78 Å². The minimum absolute atomic E-state index is 0.0769. The molecule has 0 radical (unpaired) electrons.